The quantitative estimate of drug-likeness (QED) is 0.803. The summed E-state index contributed by atoms with van der Waals surface area (Å²) in [6.07, 6.45) is 2.22. The van der Waals surface area contributed by atoms with E-state index in [1.54, 1.807) is 6.92 Å². The minimum absolute atomic E-state index is 0.108. The van der Waals surface area contributed by atoms with Gasteiger partial charge in [-0.1, -0.05) is 6.92 Å². The third-order valence-corrected chi connectivity index (χ3v) is 5.17. The van der Waals surface area contributed by atoms with Gasteiger partial charge in [-0.15, -0.1) is 0 Å². The normalized spacial score (nSPS) is 26.5. The predicted molar refractivity (Wildman–Crippen MR) is 63.8 cm³/mol. The monoisotopic (exact) mass is 258 g/mol. The second-order valence-electron chi connectivity index (χ2n) is 4.52. The Hall–Kier alpha value is -0.920. The number of hydrogen-bond donors (Lipinski definition) is 2. The number of H-pyrrole nitrogens is 1. The third kappa shape index (κ3) is 2.10. The summed E-state index contributed by atoms with van der Waals surface area (Å²) in [5, 5.41) is 0.155. The molecule has 2 unspecified atom stereocenters. The van der Waals surface area contributed by atoms with Crippen LogP contribution in [0.25, 0.3) is 0 Å². The van der Waals surface area contributed by atoms with Gasteiger partial charge in [-0.05, 0) is 19.3 Å². The van der Waals surface area contributed by atoms with E-state index in [-0.39, 0.29) is 11.1 Å². The van der Waals surface area contributed by atoms with E-state index in [0.29, 0.717) is 24.8 Å². The van der Waals surface area contributed by atoms with E-state index in [0.717, 1.165) is 6.42 Å². The molecule has 0 bridgehead atoms. The first-order chi connectivity index (χ1) is 7.96. The lowest BCUT2D eigenvalue weighted by Gasteiger charge is -2.24. The average molecular weight is 258 g/mol. The molecule has 0 spiro atoms. The maximum atomic E-state index is 12.4. The summed E-state index contributed by atoms with van der Waals surface area (Å²) < 4.78 is 26.2. The number of imidazole rings is 1. The molecule has 1 aromatic rings. The van der Waals surface area contributed by atoms with Gasteiger partial charge in [0.1, 0.15) is 5.82 Å². The van der Waals surface area contributed by atoms with Crippen molar-refractivity contribution in [1.29, 1.82) is 0 Å². The maximum absolute atomic E-state index is 12.4. The first kappa shape index (κ1) is 12.5. The number of nitrogens with one attached hydrogen (secondary N) is 1. The minimum Gasteiger partial charge on any atom is -0.332 e. The molecular formula is C10H18N4O2S. The Labute approximate surface area is 101 Å². The molecule has 1 saturated heterocycles. The van der Waals surface area contributed by atoms with Gasteiger partial charge in [0.05, 0.1) is 6.20 Å². The highest BCUT2D eigenvalue weighted by Crippen LogP contribution is 2.28. The van der Waals surface area contributed by atoms with Crippen LogP contribution in [0.4, 0.5) is 0 Å². The highest BCUT2D eigenvalue weighted by molar-refractivity contribution is 7.89. The molecule has 1 aliphatic heterocycles. The molecule has 2 heterocycles. The van der Waals surface area contributed by atoms with Crippen molar-refractivity contribution in [1.82, 2.24) is 14.3 Å². The number of nitrogens with two attached hydrogens (primary N) is 1. The number of hydrogen-bond acceptors (Lipinski definition) is 4. The molecule has 0 saturated carbocycles. The average Bonchev–Trinajstić information content (AvgIpc) is 2.84. The maximum Gasteiger partial charge on any atom is 0.260 e. The van der Waals surface area contributed by atoms with Crippen LogP contribution in [0.1, 0.15) is 19.2 Å². The molecule has 96 valence electrons. The number of aryl methyl sites for hydroxylation is 1. The summed E-state index contributed by atoms with van der Waals surface area (Å²) >= 11 is 0. The van der Waals surface area contributed by atoms with Crippen molar-refractivity contribution in [3.63, 3.8) is 0 Å². The van der Waals surface area contributed by atoms with Crippen LogP contribution in [-0.4, -0.2) is 41.8 Å². The van der Waals surface area contributed by atoms with Crippen molar-refractivity contribution >= 4 is 10.0 Å². The summed E-state index contributed by atoms with van der Waals surface area (Å²) in [6.45, 7) is 4.65. The Morgan fingerprint density at radius 1 is 1.65 bits per heavy atom. The lowest BCUT2D eigenvalue weighted by molar-refractivity contribution is 0.353. The molecule has 0 aliphatic carbocycles. The highest BCUT2D eigenvalue weighted by Gasteiger charge is 2.39. The van der Waals surface area contributed by atoms with Gasteiger partial charge in [0.2, 0.25) is 0 Å². The largest absolute Gasteiger partial charge is 0.332 e. The Morgan fingerprint density at radius 2 is 2.35 bits per heavy atom. The predicted octanol–water partition coefficient (Wildman–Crippen LogP) is 0.0759. The standard InChI is InChI=1S/C10H18N4O2S/c1-7-3-4-14(9(7)5-11)17(15,16)10-6-12-8(2)13-10/h6-7,9H,3-5,11H2,1-2H3,(H,12,13). The molecule has 17 heavy (non-hydrogen) atoms. The fourth-order valence-electron chi connectivity index (χ4n) is 2.28. The number of sulfonamides is 1. The molecule has 2 rings (SSSR count). The lowest BCUT2D eigenvalue weighted by Crippen LogP contribution is -2.42. The topological polar surface area (TPSA) is 92.1 Å². The van der Waals surface area contributed by atoms with E-state index in [4.69, 9.17) is 5.73 Å². The first-order valence-electron chi connectivity index (χ1n) is 5.70. The van der Waals surface area contributed by atoms with Crippen LogP contribution in [0, 0.1) is 12.8 Å². The molecule has 1 fully saturated rings. The highest BCUT2D eigenvalue weighted by atomic mass is 32.2. The van der Waals surface area contributed by atoms with Crippen molar-refractivity contribution in [2.75, 3.05) is 13.1 Å². The zero-order valence-corrected chi connectivity index (χ0v) is 10.9. The minimum atomic E-state index is -3.48. The Bertz CT molecular complexity index is 496. The van der Waals surface area contributed by atoms with E-state index in [1.165, 1.54) is 10.5 Å². The second-order valence-corrected chi connectivity index (χ2v) is 6.38. The van der Waals surface area contributed by atoms with Crippen molar-refractivity contribution < 1.29 is 8.42 Å². The van der Waals surface area contributed by atoms with Gasteiger partial charge in [0.15, 0.2) is 5.03 Å². The van der Waals surface area contributed by atoms with Crippen LogP contribution in [0.2, 0.25) is 0 Å². The number of aromatic amines is 1. The molecule has 0 aromatic carbocycles. The second kappa shape index (κ2) is 4.40. The lowest BCUT2D eigenvalue weighted by atomic mass is 10.0. The Kier molecular flexibility index (Phi) is 3.24. The Balaban J connectivity index is 2.33. The van der Waals surface area contributed by atoms with Crippen molar-refractivity contribution in [3.05, 3.63) is 12.0 Å². The van der Waals surface area contributed by atoms with Crippen molar-refractivity contribution in [3.8, 4) is 0 Å². The van der Waals surface area contributed by atoms with Crippen LogP contribution in [0.5, 0.6) is 0 Å². The summed E-state index contributed by atoms with van der Waals surface area (Å²) in [5.41, 5.74) is 5.66. The number of aromatic nitrogens is 2. The van der Waals surface area contributed by atoms with E-state index in [9.17, 15) is 8.42 Å². The van der Waals surface area contributed by atoms with Crippen LogP contribution in [-0.2, 0) is 10.0 Å². The SMILES string of the molecule is Cc1ncc(S(=O)(=O)N2CCC(C)C2CN)[nH]1. The number of nitrogens with zero attached hydrogens (tertiary/aromatic N) is 2. The molecule has 2 atom stereocenters. The molecule has 1 aliphatic rings. The van der Waals surface area contributed by atoms with Crippen LogP contribution in [0.15, 0.2) is 11.2 Å². The smallest absolute Gasteiger partial charge is 0.260 e. The van der Waals surface area contributed by atoms with Gasteiger partial charge in [0, 0.05) is 19.1 Å². The van der Waals surface area contributed by atoms with Gasteiger partial charge in [-0.3, -0.25) is 0 Å². The van der Waals surface area contributed by atoms with Gasteiger partial charge >= 0.3 is 0 Å². The van der Waals surface area contributed by atoms with Crippen molar-refractivity contribution in [2.24, 2.45) is 11.7 Å². The van der Waals surface area contributed by atoms with E-state index < -0.39 is 10.0 Å². The van der Waals surface area contributed by atoms with Crippen LogP contribution >= 0.6 is 0 Å². The third-order valence-electron chi connectivity index (χ3n) is 3.34. The molecular weight excluding hydrogens is 240 g/mol. The van der Waals surface area contributed by atoms with E-state index in [2.05, 4.69) is 9.97 Å². The summed E-state index contributed by atoms with van der Waals surface area (Å²) in [6, 6.07) is -0.108. The summed E-state index contributed by atoms with van der Waals surface area (Å²) in [5.74, 6) is 0.902. The van der Waals surface area contributed by atoms with Crippen molar-refractivity contribution in [2.45, 2.75) is 31.3 Å². The molecule has 0 amide bonds. The fourth-order valence-corrected chi connectivity index (χ4v) is 3.99. The molecule has 0 radical (unpaired) electrons. The van der Waals surface area contributed by atoms with Crippen LogP contribution in [0.3, 0.4) is 0 Å². The first-order valence-corrected chi connectivity index (χ1v) is 7.14. The van der Waals surface area contributed by atoms with Gasteiger partial charge in [-0.25, -0.2) is 13.4 Å². The molecule has 6 nitrogen and oxygen atoms in total. The molecule has 1 aromatic heterocycles. The van der Waals surface area contributed by atoms with Crippen LogP contribution < -0.4 is 5.73 Å². The molecule has 3 N–H and O–H groups in total. The van der Waals surface area contributed by atoms with Gasteiger partial charge in [0.25, 0.3) is 10.0 Å². The van der Waals surface area contributed by atoms with Gasteiger partial charge < -0.3 is 10.7 Å². The summed E-state index contributed by atoms with van der Waals surface area (Å²) in [4.78, 5) is 6.70. The van der Waals surface area contributed by atoms with Gasteiger partial charge in [-0.2, -0.15) is 4.31 Å². The zero-order chi connectivity index (χ0) is 12.6. The molecule has 7 heteroatoms. The summed E-state index contributed by atoms with van der Waals surface area (Å²) in [7, 11) is -3.48. The number of rotatable bonds is 3. The van der Waals surface area contributed by atoms with E-state index >= 15 is 0 Å². The zero-order valence-electron chi connectivity index (χ0n) is 10.0. The van der Waals surface area contributed by atoms with E-state index in [1.807, 2.05) is 6.92 Å². The Morgan fingerprint density at radius 3 is 2.88 bits per heavy atom. The fraction of sp³-hybridized carbons (Fsp3) is 0.700.